The van der Waals surface area contributed by atoms with Gasteiger partial charge < -0.3 is 11.5 Å². The Morgan fingerprint density at radius 3 is 2.85 bits per heavy atom. The number of rotatable bonds is 2. The van der Waals surface area contributed by atoms with E-state index in [1.807, 2.05) is 6.92 Å². The molecule has 0 fully saturated rings. The molecule has 1 rings (SSSR count). The van der Waals surface area contributed by atoms with Crippen LogP contribution in [0, 0.1) is 6.92 Å². The fourth-order valence-electron chi connectivity index (χ4n) is 0.980. The number of nitrogens with two attached hydrogens (primary N) is 3. The normalized spacial score (nSPS) is 10.6. The van der Waals surface area contributed by atoms with Gasteiger partial charge in [-0.2, -0.15) is 0 Å². The van der Waals surface area contributed by atoms with Crippen molar-refractivity contribution in [3.05, 3.63) is 30.2 Å². The zero-order valence-corrected chi connectivity index (χ0v) is 7.44. The van der Waals surface area contributed by atoms with Crippen molar-refractivity contribution in [2.24, 2.45) is 11.6 Å². The number of nitrogen functional groups attached to an aromatic ring is 1. The van der Waals surface area contributed by atoms with Crippen LogP contribution in [-0.4, -0.2) is 4.98 Å². The van der Waals surface area contributed by atoms with E-state index in [0.717, 1.165) is 11.3 Å². The zero-order valence-electron chi connectivity index (χ0n) is 7.44. The van der Waals surface area contributed by atoms with Crippen LogP contribution in [0.3, 0.4) is 0 Å². The Kier molecular flexibility index (Phi) is 2.71. The van der Waals surface area contributed by atoms with E-state index >= 15 is 0 Å². The molecular formula is C8H13N5. The molecule has 0 unspecified atom stereocenters. The maximum atomic E-state index is 5.66. The van der Waals surface area contributed by atoms with E-state index in [0.29, 0.717) is 5.82 Å². The molecule has 0 aliphatic heterocycles. The van der Waals surface area contributed by atoms with Gasteiger partial charge in [0.2, 0.25) is 0 Å². The Balaban J connectivity index is 3.05. The maximum Gasteiger partial charge on any atom is 0.125 e. The third kappa shape index (κ3) is 2.09. The molecule has 1 aromatic heterocycles. The lowest BCUT2D eigenvalue weighted by molar-refractivity contribution is 1.05. The van der Waals surface area contributed by atoms with Crippen LogP contribution in [0.25, 0.3) is 0 Å². The van der Waals surface area contributed by atoms with Gasteiger partial charge in [0.05, 0.1) is 5.69 Å². The molecule has 0 amide bonds. The maximum absolute atomic E-state index is 5.66. The summed E-state index contributed by atoms with van der Waals surface area (Å²) in [5.74, 6) is 6.09. The van der Waals surface area contributed by atoms with Crippen molar-refractivity contribution < 1.29 is 0 Å². The lowest BCUT2D eigenvalue weighted by atomic mass is 10.2. The summed E-state index contributed by atoms with van der Waals surface area (Å²) in [7, 11) is 0. The predicted octanol–water partition coefficient (Wildman–Crippen LogP) is 0.0822. The largest absolute Gasteiger partial charge is 0.403 e. The van der Waals surface area contributed by atoms with Gasteiger partial charge in [0.25, 0.3) is 0 Å². The molecule has 0 radical (unpaired) electrons. The molecule has 1 heterocycles. The summed E-state index contributed by atoms with van der Waals surface area (Å²) >= 11 is 0. The summed E-state index contributed by atoms with van der Waals surface area (Å²) in [6.45, 7) is 1.89. The minimum atomic E-state index is 0.432. The molecule has 0 aliphatic carbocycles. The first kappa shape index (κ1) is 9.34. The first-order chi connectivity index (χ1) is 6.15. The van der Waals surface area contributed by atoms with E-state index < -0.39 is 0 Å². The van der Waals surface area contributed by atoms with Crippen LogP contribution in [0.1, 0.15) is 5.56 Å². The lowest BCUT2D eigenvalue weighted by Crippen LogP contribution is -2.25. The second-order valence-corrected chi connectivity index (χ2v) is 2.64. The Morgan fingerprint density at radius 1 is 1.54 bits per heavy atom. The Labute approximate surface area is 76.8 Å². The van der Waals surface area contributed by atoms with Gasteiger partial charge in [-0.05, 0) is 12.5 Å². The smallest absolute Gasteiger partial charge is 0.125 e. The van der Waals surface area contributed by atoms with Gasteiger partial charge in [-0.15, -0.1) is 0 Å². The molecular weight excluding hydrogens is 166 g/mol. The molecule has 1 aromatic rings. The average molecular weight is 179 g/mol. The van der Waals surface area contributed by atoms with E-state index in [1.165, 1.54) is 11.2 Å². The molecule has 6 N–H and O–H groups in total. The average Bonchev–Trinajstić information content (AvgIpc) is 2.09. The lowest BCUT2D eigenvalue weighted by Gasteiger charge is -2.15. The minimum absolute atomic E-state index is 0.432. The molecule has 70 valence electrons. The third-order valence-electron chi connectivity index (χ3n) is 1.62. The second kappa shape index (κ2) is 3.77. The highest BCUT2D eigenvalue weighted by molar-refractivity contribution is 5.57. The van der Waals surface area contributed by atoms with Crippen LogP contribution < -0.4 is 22.3 Å². The van der Waals surface area contributed by atoms with Crippen molar-refractivity contribution in [3.63, 3.8) is 0 Å². The quantitative estimate of drug-likeness (QED) is 0.441. The van der Waals surface area contributed by atoms with E-state index in [1.54, 1.807) is 18.5 Å². The number of hydrazine groups is 1. The number of pyridine rings is 1. The third-order valence-corrected chi connectivity index (χ3v) is 1.62. The number of hydrogen-bond donors (Lipinski definition) is 3. The fraction of sp³-hybridized carbons (Fsp3) is 0.125. The molecule has 5 heteroatoms. The fourth-order valence-corrected chi connectivity index (χ4v) is 0.980. The van der Waals surface area contributed by atoms with Gasteiger partial charge in [0.15, 0.2) is 0 Å². The molecule has 13 heavy (non-hydrogen) atoms. The summed E-state index contributed by atoms with van der Waals surface area (Å²) in [5.41, 5.74) is 12.4. The first-order valence-corrected chi connectivity index (χ1v) is 3.79. The van der Waals surface area contributed by atoms with Crippen molar-refractivity contribution in [2.75, 3.05) is 10.7 Å². The van der Waals surface area contributed by atoms with E-state index in [2.05, 4.69) is 4.98 Å². The summed E-state index contributed by atoms with van der Waals surface area (Å²) in [6.07, 6.45) is 4.56. The van der Waals surface area contributed by atoms with Crippen LogP contribution in [0.5, 0.6) is 0 Å². The van der Waals surface area contributed by atoms with Gasteiger partial charge in [0.1, 0.15) is 5.82 Å². The summed E-state index contributed by atoms with van der Waals surface area (Å²) in [4.78, 5) is 3.92. The zero-order chi connectivity index (χ0) is 9.84. The van der Waals surface area contributed by atoms with Crippen molar-refractivity contribution in [1.29, 1.82) is 0 Å². The van der Waals surface area contributed by atoms with Gasteiger partial charge in [-0.3, -0.25) is 5.01 Å². The SMILES string of the molecule is Cc1cnc(N)cc1N(N)/C=C\N. The topological polar surface area (TPSA) is 94.2 Å². The monoisotopic (exact) mass is 179 g/mol. The van der Waals surface area contributed by atoms with E-state index in [-0.39, 0.29) is 0 Å². The molecule has 5 nitrogen and oxygen atoms in total. The summed E-state index contributed by atoms with van der Waals surface area (Å²) < 4.78 is 0. The molecule has 0 spiro atoms. The number of hydrogen-bond acceptors (Lipinski definition) is 5. The standard InChI is InChI=1S/C8H13N5/c1-6-5-12-8(10)4-7(6)13(11)3-2-9/h2-5H,9,11H2,1H3,(H2,10,12)/b3-2-. The van der Waals surface area contributed by atoms with Gasteiger partial charge >= 0.3 is 0 Å². The van der Waals surface area contributed by atoms with Crippen molar-refractivity contribution in [3.8, 4) is 0 Å². The predicted molar refractivity (Wildman–Crippen MR) is 53.4 cm³/mol. The van der Waals surface area contributed by atoms with Crippen molar-refractivity contribution in [1.82, 2.24) is 4.98 Å². The molecule has 0 atom stereocenters. The number of aromatic nitrogens is 1. The van der Waals surface area contributed by atoms with Crippen LogP contribution in [-0.2, 0) is 0 Å². The number of aryl methyl sites for hydroxylation is 1. The van der Waals surface area contributed by atoms with Crippen LogP contribution in [0.15, 0.2) is 24.7 Å². The number of nitrogens with zero attached hydrogens (tertiary/aromatic N) is 2. The van der Waals surface area contributed by atoms with Crippen LogP contribution in [0.2, 0.25) is 0 Å². The highest BCUT2D eigenvalue weighted by Gasteiger charge is 2.02. The minimum Gasteiger partial charge on any atom is -0.403 e. The highest BCUT2D eigenvalue weighted by Crippen LogP contribution is 2.18. The Bertz CT molecular complexity index is 320. The Morgan fingerprint density at radius 2 is 2.23 bits per heavy atom. The van der Waals surface area contributed by atoms with Crippen molar-refractivity contribution >= 4 is 11.5 Å². The summed E-state index contributed by atoms with van der Waals surface area (Å²) in [6, 6.07) is 1.69. The van der Waals surface area contributed by atoms with Gasteiger partial charge in [-0.1, -0.05) is 0 Å². The first-order valence-electron chi connectivity index (χ1n) is 3.79. The molecule has 0 aliphatic rings. The molecule has 0 saturated heterocycles. The van der Waals surface area contributed by atoms with E-state index in [9.17, 15) is 0 Å². The van der Waals surface area contributed by atoms with Gasteiger partial charge in [0, 0.05) is 24.7 Å². The van der Waals surface area contributed by atoms with Crippen LogP contribution >= 0.6 is 0 Å². The Hall–Kier alpha value is -1.75. The van der Waals surface area contributed by atoms with Crippen LogP contribution in [0.4, 0.5) is 11.5 Å². The van der Waals surface area contributed by atoms with E-state index in [4.69, 9.17) is 17.3 Å². The molecule has 0 bridgehead atoms. The second-order valence-electron chi connectivity index (χ2n) is 2.64. The highest BCUT2D eigenvalue weighted by atomic mass is 15.4. The number of anilines is 2. The van der Waals surface area contributed by atoms with Gasteiger partial charge in [-0.25, -0.2) is 10.8 Å². The molecule has 0 saturated carbocycles. The summed E-state index contributed by atoms with van der Waals surface area (Å²) in [5, 5.41) is 1.40. The van der Waals surface area contributed by atoms with Crippen molar-refractivity contribution in [2.45, 2.75) is 6.92 Å². The molecule has 0 aromatic carbocycles.